The van der Waals surface area contributed by atoms with E-state index in [1.54, 1.807) is 0 Å². The van der Waals surface area contributed by atoms with E-state index in [2.05, 4.69) is 193 Å². The molecule has 2 heteroatoms. The Bertz CT molecular complexity index is 2700. The molecular formula is C48H31NO. The first-order valence-corrected chi connectivity index (χ1v) is 17.1. The third-order valence-electron chi connectivity index (χ3n) is 10.1. The topological polar surface area (TPSA) is 16.4 Å². The van der Waals surface area contributed by atoms with Crippen molar-refractivity contribution in [1.82, 2.24) is 0 Å². The highest BCUT2D eigenvalue weighted by Crippen LogP contribution is 2.46. The van der Waals surface area contributed by atoms with Crippen molar-refractivity contribution in [3.63, 3.8) is 0 Å². The van der Waals surface area contributed by atoms with Gasteiger partial charge in [-0.05, 0) is 92.0 Å². The average molecular weight is 638 g/mol. The van der Waals surface area contributed by atoms with Crippen LogP contribution in [-0.2, 0) is 0 Å². The lowest BCUT2D eigenvalue weighted by Gasteiger charge is -2.28. The zero-order chi connectivity index (χ0) is 33.0. The zero-order valence-corrected chi connectivity index (χ0v) is 27.3. The fourth-order valence-corrected chi connectivity index (χ4v) is 7.69. The second-order valence-corrected chi connectivity index (χ2v) is 12.9. The van der Waals surface area contributed by atoms with Crippen molar-refractivity contribution >= 4 is 60.5 Å². The number of furan rings is 1. The summed E-state index contributed by atoms with van der Waals surface area (Å²) in [4.78, 5) is 2.39. The summed E-state index contributed by atoms with van der Waals surface area (Å²) in [5.41, 5.74) is 12.4. The fourth-order valence-electron chi connectivity index (χ4n) is 7.69. The lowest BCUT2D eigenvalue weighted by molar-refractivity contribution is 0.669. The number of benzene rings is 9. The van der Waals surface area contributed by atoms with Crippen LogP contribution in [0.4, 0.5) is 17.1 Å². The van der Waals surface area contributed by atoms with E-state index in [0.717, 1.165) is 28.2 Å². The molecule has 10 rings (SSSR count). The van der Waals surface area contributed by atoms with E-state index in [1.807, 2.05) is 0 Å². The Hall–Kier alpha value is -6.64. The molecule has 0 spiro atoms. The highest BCUT2D eigenvalue weighted by Gasteiger charge is 2.20. The van der Waals surface area contributed by atoms with Crippen molar-refractivity contribution in [3.8, 4) is 33.4 Å². The Morgan fingerprint density at radius 2 is 0.860 bits per heavy atom. The van der Waals surface area contributed by atoms with E-state index in [0.29, 0.717) is 0 Å². The Labute approximate surface area is 290 Å². The fraction of sp³-hybridized carbons (Fsp3) is 0. The van der Waals surface area contributed by atoms with Crippen LogP contribution >= 0.6 is 0 Å². The maximum atomic E-state index is 6.31. The van der Waals surface area contributed by atoms with Crippen LogP contribution in [0.15, 0.2) is 192 Å². The number of hydrogen-bond acceptors (Lipinski definition) is 2. The molecular weight excluding hydrogens is 607 g/mol. The van der Waals surface area contributed by atoms with Gasteiger partial charge in [0, 0.05) is 27.5 Å². The highest BCUT2D eigenvalue weighted by atomic mass is 16.3. The maximum Gasteiger partial charge on any atom is 0.136 e. The van der Waals surface area contributed by atoms with Gasteiger partial charge < -0.3 is 9.32 Å². The molecule has 0 fully saturated rings. The summed E-state index contributed by atoms with van der Waals surface area (Å²) < 4.78 is 6.31. The first-order valence-electron chi connectivity index (χ1n) is 17.1. The first kappa shape index (κ1) is 28.4. The zero-order valence-electron chi connectivity index (χ0n) is 27.3. The van der Waals surface area contributed by atoms with Crippen molar-refractivity contribution in [3.05, 3.63) is 188 Å². The van der Waals surface area contributed by atoms with Crippen LogP contribution in [-0.4, -0.2) is 0 Å². The normalized spacial score (nSPS) is 11.6. The standard InChI is InChI=1S/C48H31NO/c1-3-10-32(11-4-1)34-18-23-37(24-19-34)49(38-25-20-35(21-26-38)33-12-5-2-6-13-33)44-30-28-40(39-15-7-8-16-42(39)44)41-29-31-46-48-43(41)27-22-36-14-9-17-45(50-46)47(36)48/h1-31H. The van der Waals surface area contributed by atoms with Gasteiger partial charge in [-0.2, -0.15) is 0 Å². The van der Waals surface area contributed by atoms with Crippen LogP contribution in [0.1, 0.15) is 0 Å². The smallest absolute Gasteiger partial charge is 0.136 e. The largest absolute Gasteiger partial charge is 0.456 e. The molecule has 10 aromatic rings. The summed E-state index contributed by atoms with van der Waals surface area (Å²) in [5.74, 6) is 0. The summed E-state index contributed by atoms with van der Waals surface area (Å²) in [6, 6.07) is 67.5. The first-order chi connectivity index (χ1) is 24.8. The van der Waals surface area contributed by atoms with Crippen LogP contribution in [0.5, 0.6) is 0 Å². The van der Waals surface area contributed by atoms with Crippen molar-refractivity contribution in [1.29, 1.82) is 0 Å². The molecule has 0 radical (unpaired) electrons. The van der Waals surface area contributed by atoms with Gasteiger partial charge in [-0.3, -0.25) is 0 Å². The minimum atomic E-state index is 0.931. The van der Waals surface area contributed by atoms with Crippen molar-refractivity contribution in [2.75, 3.05) is 4.90 Å². The Morgan fingerprint density at radius 1 is 0.320 bits per heavy atom. The van der Waals surface area contributed by atoms with Crippen LogP contribution in [0.2, 0.25) is 0 Å². The number of fused-ring (bicyclic) bond motifs is 1. The van der Waals surface area contributed by atoms with E-state index in [-0.39, 0.29) is 0 Å². The summed E-state index contributed by atoms with van der Waals surface area (Å²) in [5, 5.41) is 7.21. The molecule has 0 atom stereocenters. The monoisotopic (exact) mass is 637 g/mol. The number of nitrogens with zero attached hydrogens (tertiary/aromatic N) is 1. The van der Waals surface area contributed by atoms with Gasteiger partial charge in [-0.15, -0.1) is 0 Å². The summed E-state index contributed by atoms with van der Waals surface area (Å²) in [6.45, 7) is 0. The van der Waals surface area contributed by atoms with E-state index in [4.69, 9.17) is 4.42 Å². The second kappa shape index (κ2) is 11.5. The molecule has 0 unspecified atom stereocenters. The van der Waals surface area contributed by atoms with Crippen molar-refractivity contribution in [2.45, 2.75) is 0 Å². The minimum Gasteiger partial charge on any atom is -0.456 e. The molecule has 2 nitrogen and oxygen atoms in total. The third kappa shape index (κ3) is 4.57. The van der Waals surface area contributed by atoms with Gasteiger partial charge in [0.1, 0.15) is 11.2 Å². The number of hydrogen-bond donors (Lipinski definition) is 0. The van der Waals surface area contributed by atoms with Crippen molar-refractivity contribution in [2.24, 2.45) is 0 Å². The molecule has 0 bridgehead atoms. The van der Waals surface area contributed by atoms with E-state index in [1.165, 1.54) is 65.7 Å². The van der Waals surface area contributed by atoms with Crippen LogP contribution in [0.3, 0.4) is 0 Å². The van der Waals surface area contributed by atoms with Crippen LogP contribution < -0.4 is 4.90 Å². The molecule has 0 aliphatic carbocycles. The van der Waals surface area contributed by atoms with Gasteiger partial charge in [0.05, 0.1) is 5.69 Å². The molecule has 0 amide bonds. The molecule has 50 heavy (non-hydrogen) atoms. The highest BCUT2D eigenvalue weighted by molar-refractivity contribution is 6.25. The lowest BCUT2D eigenvalue weighted by atomic mass is 9.91. The quantitative estimate of drug-likeness (QED) is 0.169. The lowest BCUT2D eigenvalue weighted by Crippen LogP contribution is -2.10. The van der Waals surface area contributed by atoms with E-state index >= 15 is 0 Å². The average Bonchev–Trinajstić information content (AvgIpc) is 3.58. The van der Waals surface area contributed by atoms with Gasteiger partial charge in [-0.1, -0.05) is 146 Å². The van der Waals surface area contributed by atoms with E-state index < -0.39 is 0 Å². The molecule has 1 heterocycles. The molecule has 0 saturated heterocycles. The molecule has 1 aromatic heterocycles. The summed E-state index contributed by atoms with van der Waals surface area (Å²) >= 11 is 0. The predicted molar refractivity (Wildman–Crippen MR) is 211 cm³/mol. The predicted octanol–water partition coefficient (Wildman–Crippen LogP) is 13.8. The molecule has 9 aromatic carbocycles. The molecule has 0 N–H and O–H groups in total. The van der Waals surface area contributed by atoms with E-state index in [9.17, 15) is 0 Å². The second-order valence-electron chi connectivity index (χ2n) is 12.9. The number of rotatable bonds is 6. The summed E-state index contributed by atoms with van der Waals surface area (Å²) in [6.07, 6.45) is 0. The Balaban J connectivity index is 1.15. The molecule has 234 valence electrons. The molecule has 0 aliphatic heterocycles. The summed E-state index contributed by atoms with van der Waals surface area (Å²) in [7, 11) is 0. The molecule has 0 aliphatic rings. The van der Waals surface area contributed by atoms with Crippen LogP contribution in [0, 0.1) is 0 Å². The number of anilines is 3. The SMILES string of the molecule is c1ccc(-c2ccc(N(c3ccc(-c4ccccc4)cc3)c3ccc(-c4ccc5oc6cccc7ccc4c5c76)c4ccccc34)cc2)cc1. The Kier molecular flexibility index (Phi) is 6.53. The van der Waals surface area contributed by atoms with Gasteiger partial charge in [0.2, 0.25) is 0 Å². The maximum absolute atomic E-state index is 6.31. The van der Waals surface area contributed by atoms with Gasteiger partial charge in [0.25, 0.3) is 0 Å². The molecule has 0 saturated carbocycles. The Morgan fingerprint density at radius 3 is 1.52 bits per heavy atom. The minimum absolute atomic E-state index is 0.931. The van der Waals surface area contributed by atoms with Gasteiger partial charge in [-0.25, -0.2) is 0 Å². The van der Waals surface area contributed by atoms with Crippen molar-refractivity contribution < 1.29 is 4.42 Å². The third-order valence-corrected chi connectivity index (χ3v) is 10.1. The van der Waals surface area contributed by atoms with Crippen LogP contribution in [0.25, 0.3) is 76.9 Å². The van der Waals surface area contributed by atoms with Gasteiger partial charge in [0.15, 0.2) is 0 Å². The van der Waals surface area contributed by atoms with Gasteiger partial charge >= 0.3 is 0 Å².